The van der Waals surface area contributed by atoms with Crippen LogP contribution in [0.25, 0.3) is 0 Å². The van der Waals surface area contributed by atoms with Crippen molar-refractivity contribution in [3.8, 4) is 5.75 Å². The van der Waals surface area contributed by atoms with Crippen LogP contribution >= 0.6 is 34.8 Å². The topological polar surface area (TPSA) is 26.3 Å². The van der Waals surface area contributed by atoms with Crippen molar-refractivity contribution in [3.63, 3.8) is 0 Å². The average molecular weight is 334 g/mol. The fourth-order valence-corrected chi connectivity index (χ4v) is 2.44. The van der Waals surface area contributed by atoms with E-state index in [4.69, 9.17) is 39.5 Å². The van der Waals surface area contributed by atoms with Crippen molar-refractivity contribution in [1.29, 1.82) is 0 Å². The van der Waals surface area contributed by atoms with Gasteiger partial charge >= 0.3 is 0 Å². The molecule has 2 aromatic carbocycles. The quantitative estimate of drug-likeness (QED) is 0.737. The summed E-state index contributed by atoms with van der Waals surface area (Å²) in [4.78, 5) is 12.4. The smallest absolute Gasteiger partial charge is 0.199 e. The summed E-state index contributed by atoms with van der Waals surface area (Å²) in [6.45, 7) is 0. The van der Waals surface area contributed by atoms with Gasteiger partial charge in [0.15, 0.2) is 5.78 Å². The van der Waals surface area contributed by atoms with Gasteiger partial charge in [-0.1, -0.05) is 40.9 Å². The molecule has 0 amide bonds. The third kappa shape index (κ3) is 2.75. The van der Waals surface area contributed by atoms with E-state index in [-0.39, 0.29) is 26.2 Å². The number of ketones is 1. The number of hydrogen-bond donors (Lipinski definition) is 0. The van der Waals surface area contributed by atoms with Crippen molar-refractivity contribution < 1.29 is 13.9 Å². The fraction of sp³-hybridized carbons (Fsp3) is 0.0714. The molecule has 0 aliphatic carbocycles. The van der Waals surface area contributed by atoms with E-state index in [1.807, 2.05) is 0 Å². The molecule has 0 spiro atoms. The van der Waals surface area contributed by atoms with E-state index in [0.29, 0.717) is 5.75 Å². The van der Waals surface area contributed by atoms with Gasteiger partial charge in [-0.05, 0) is 18.2 Å². The fourth-order valence-electron chi connectivity index (χ4n) is 1.71. The standard InChI is InChI=1S/C14H8Cl3FO2/c1-20-12-6-9(16)7(5-10(12)17)14(19)13-8(15)3-2-4-11(13)18/h2-6H,1H3. The van der Waals surface area contributed by atoms with Gasteiger partial charge in [-0.25, -0.2) is 4.39 Å². The van der Waals surface area contributed by atoms with Gasteiger partial charge in [0.1, 0.15) is 11.6 Å². The summed E-state index contributed by atoms with van der Waals surface area (Å²) in [6, 6.07) is 6.71. The van der Waals surface area contributed by atoms with Gasteiger partial charge < -0.3 is 4.74 Å². The van der Waals surface area contributed by atoms with Gasteiger partial charge in [0, 0.05) is 11.6 Å². The van der Waals surface area contributed by atoms with Gasteiger partial charge in [-0.2, -0.15) is 0 Å². The summed E-state index contributed by atoms with van der Waals surface area (Å²) in [5.74, 6) is -1.03. The maximum atomic E-state index is 13.8. The number of carbonyl (C=O) groups is 1. The van der Waals surface area contributed by atoms with Crippen LogP contribution in [0.3, 0.4) is 0 Å². The summed E-state index contributed by atoms with van der Waals surface area (Å²) < 4.78 is 18.7. The predicted molar refractivity (Wildman–Crippen MR) is 77.9 cm³/mol. The van der Waals surface area contributed by atoms with Gasteiger partial charge in [0.05, 0.1) is 27.7 Å². The molecular formula is C14H8Cl3FO2. The van der Waals surface area contributed by atoms with E-state index >= 15 is 0 Å². The molecule has 0 aliphatic heterocycles. The molecule has 0 saturated carbocycles. The Morgan fingerprint density at radius 1 is 1.10 bits per heavy atom. The molecule has 0 N–H and O–H groups in total. The molecule has 20 heavy (non-hydrogen) atoms. The second-order valence-corrected chi connectivity index (χ2v) is 5.11. The lowest BCUT2D eigenvalue weighted by molar-refractivity contribution is 0.103. The third-order valence-corrected chi connectivity index (χ3v) is 3.60. The first-order chi connectivity index (χ1) is 9.45. The molecule has 0 bridgehead atoms. The lowest BCUT2D eigenvalue weighted by Crippen LogP contribution is -2.06. The molecule has 2 rings (SSSR count). The van der Waals surface area contributed by atoms with Crippen LogP contribution in [0.15, 0.2) is 30.3 Å². The average Bonchev–Trinajstić information content (AvgIpc) is 2.40. The molecule has 0 atom stereocenters. The minimum absolute atomic E-state index is 0.0120. The number of halogens is 4. The van der Waals surface area contributed by atoms with E-state index < -0.39 is 11.6 Å². The Bertz CT molecular complexity index is 666. The molecule has 0 aliphatic rings. The zero-order valence-corrected chi connectivity index (χ0v) is 12.5. The summed E-state index contributed by atoms with van der Waals surface area (Å²) in [6.07, 6.45) is 0. The molecule has 0 radical (unpaired) electrons. The Morgan fingerprint density at radius 2 is 1.80 bits per heavy atom. The van der Waals surface area contributed by atoms with Crippen molar-refractivity contribution in [1.82, 2.24) is 0 Å². The number of benzene rings is 2. The Hall–Kier alpha value is -1.29. The summed E-state index contributed by atoms with van der Waals surface area (Å²) in [7, 11) is 1.42. The van der Waals surface area contributed by atoms with E-state index in [0.717, 1.165) is 6.07 Å². The normalized spacial score (nSPS) is 10.4. The maximum absolute atomic E-state index is 13.8. The summed E-state index contributed by atoms with van der Waals surface area (Å²) in [5, 5.41) is 0.321. The molecule has 0 unspecified atom stereocenters. The van der Waals surface area contributed by atoms with E-state index in [2.05, 4.69) is 0 Å². The molecule has 0 aromatic heterocycles. The van der Waals surface area contributed by atoms with Gasteiger partial charge in [0.2, 0.25) is 0 Å². The highest BCUT2D eigenvalue weighted by atomic mass is 35.5. The van der Waals surface area contributed by atoms with Crippen molar-refractivity contribution >= 4 is 40.6 Å². The molecule has 0 fully saturated rings. The molecule has 2 nitrogen and oxygen atoms in total. The van der Waals surface area contributed by atoms with Crippen molar-refractivity contribution in [2.24, 2.45) is 0 Å². The van der Waals surface area contributed by atoms with Crippen LogP contribution in [-0.4, -0.2) is 12.9 Å². The largest absolute Gasteiger partial charge is 0.495 e. The number of hydrogen-bond acceptors (Lipinski definition) is 2. The molecule has 2 aromatic rings. The Labute approximate surface area is 130 Å². The maximum Gasteiger partial charge on any atom is 0.199 e. The van der Waals surface area contributed by atoms with E-state index in [1.54, 1.807) is 0 Å². The van der Waals surface area contributed by atoms with Crippen molar-refractivity contribution in [2.75, 3.05) is 7.11 Å². The third-order valence-electron chi connectivity index (χ3n) is 2.68. The first kappa shape index (κ1) is 15.1. The van der Waals surface area contributed by atoms with Crippen LogP contribution in [0, 0.1) is 5.82 Å². The SMILES string of the molecule is COc1cc(Cl)c(C(=O)c2c(F)cccc2Cl)cc1Cl. The molecule has 104 valence electrons. The van der Waals surface area contributed by atoms with Gasteiger partial charge in [-0.15, -0.1) is 0 Å². The van der Waals surface area contributed by atoms with Crippen LogP contribution in [0.5, 0.6) is 5.75 Å². The van der Waals surface area contributed by atoms with Gasteiger partial charge in [-0.3, -0.25) is 4.79 Å². The zero-order valence-electron chi connectivity index (χ0n) is 10.2. The molecule has 0 heterocycles. The van der Waals surface area contributed by atoms with Crippen LogP contribution < -0.4 is 4.74 Å². The first-order valence-electron chi connectivity index (χ1n) is 5.47. The van der Waals surface area contributed by atoms with Crippen LogP contribution in [0.2, 0.25) is 15.1 Å². The molecule has 6 heteroatoms. The molecule has 0 saturated heterocycles. The highest BCUT2D eigenvalue weighted by Crippen LogP contribution is 2.33. The predicted octanol–water partition coefficient (Wildman–Crippen LogP) is 5.03. The Balaban J connectivity index is 2.57. The summed E-state index contributed by atoms with van der Waals surface area (Å²) in [5.41, 5.74) is -0.179. The van der Waals surface area contributed by atoms with Gasteiger partial charge in [0.25, 0.3) is 0 Å². The van der Waals surface area contributed by atoms with E-state index in [9.17, 15) is 9.18 Å². The highest BCUT2D eigenvalue weighted by molar-refractivity contribution is 6.39. The van der Waals surface area contributed by atoms with E-state index in [1.165, 1.54) is 31.4 Å². The zero-order chi connectivity index (χ0) is 14.9. The molecular weight excluding hydrogens is 326 g/mol. The lowest BCUT2D eigenvalue weighted by Gasteiger charge is -2.09. The number of ether oxygens (including phenoxy) is 1. The summed E-state index contributed by atoms with van der Waals surface area (Å²) >= 11 is 17.8. The second-order valence-electron chi connectivity index (χ2n) is 3.89. The second kappa shape index (κ2) is 6.00. The Kier molecular flexibility index (Phi) is 4.53. The van der Waals surface area contributed by atoms with Crippen LogP contribution in [0.1, 0.15) is 15.9 Å². The van der Waals surface area contributed by atoms with Crippen LogP contribution in [0.4, 0.5) is 4.39 Å². The Morgan fingerprint density at radius 3 is 2.40 bits per heavy atom. The lowest BCUT2D eigenvalue weighted by atomic mass is 10.0. The van der Waals surface area contributed by atoms with Crippen molar-refractivity contribution in [2.45, 2.75) is 0 Å². The monoisotopic (exact) mass is 332 g/mol. The minimum atomic E-state index is -0.717. The number of carbonyl (C=O) groups excluding carboxylic acids is 1. The van der Waals surface area contributed by atoms with Crippen molar-refractivity contribution in [3.05, 3.63) is 62.3 Å². The number of methoxy groups -OCH3 is 1. The van der Waals surface area contributed by atoms with Crippen LogP contribution in [-0.2, 0) is 0 Å². The minimum Gasteiger partial charge on any atom is -0.495 e. The first-order valence-corrected chi connectivity index (χ1v) is 6.61. The number of rotatable bonds is 3. The highest BCUT2D eigenvalue weighted by Gasteiger charge is 2.21.